The zero-order valence-corrected chi connectivity index (χ0v) is 12.5. The van der Waals surface area contributed by atoms with E-state index in [1.165, 1.54) is 81.0 Å². The first-order valence-corrected chi connectivity index (χ1v) is 8.17. The Morgan fingerprint density at radius 3 is 2.00 bits per heavy atom. The van der Waals surface area contributed by atoms with Crippen LogP contribution in [-0.4, -0.2) is 10.9 Å². The van der Waals surface area contributed by atoms with Gasteiger partial charge >= 0.3 is 0 Å². The highest BCUT2D eigenvalue weighted by Gasteiger charge is 2.17. The Morgan fingerprint density at radius 2 is 1.47 bits per heavy atom. The first-order chi connectivity index (χ1) is 9.36. The number of nitrogens with zero attached hydrogens (tertiary/aromatic N) is 2. The number of hydrazine groups is 1. The van der Waals surface area contributed by atoms with Crippen LogP contribution in [0.25, 0.3) is 0 Å². The molecule has 1 saturated carbocycles. The molecular weight excluding hydrogens is 258 g/mol. The van der Waals surface area contributed by atoms with Gasteiger partial charge in [0.1, 0.15) is 0 Å². The molecule has 0 radical (unpaired) electrons. The molecule has 1 N–H and O–H groups in total. The summed E-state index contributed by atoms with van der Waals surface area (Å²) in [6.45, 7) is 0. The summed E-state index contributed by atoms with van der Waals surface area (Å²) >= 11 is 5.89. The van der Waals surface area contributed by atoms with Gasteiger partial charge in [0.25, 0.3) is 0 Å². The maximum Gasteiger partial charge on any atom is 0.0571 e. The number of rotatable bonds is 1. The van der Waals surface area contributed by atoms with Gasteiger partial charge in [0.15, 0.2) is 0 Å². The molecule has 0 spiro atoms. The summed E-state index contributed by atoms with van der Waals surface area (Å²) in [5, 5.41) is 3.96. The molecule has 0 aromatic rings. The number of hydrogen-bond acceptors (Lipinski definition) is 3. The number of hydrazone groups is 1. The molecule has 2 rings (SSSR count). The van der Waals surface area contributed by atoms with E-state index in [9.17, 15) is 0 Å². The van der Waals surface area contributed by atoms with Crippen LogP contribution in [0.5, 0.6) is 0 Å². The van der Waals surface area contributed by atoms with Crippen LogP contribution < -0.4 is 5.43 Å². The first kappa shape index (κ1) is 14.7. The average molecular weight is 284 g/mol. The average Bonchev–Trinajstić information content (AvgIpc) is 2.39. The van der Waals surface area contributed by atoms with Crippen molar-refractivity contribution in [1.29, 1.82) is 0 Å². The highest BCUT2D eigenvalue weighted by atomic mass is 35.5. The standard InChI is InChI=1S/C15H26ClN3/c16-19-17-13-12-15(18-19)14-10-8-6-4-2-1-3-5-7-9-11-14/h12-14,18H,1-11H2. The Labute approximate surface area is 122 Å². The normalized spacial score (nSPS) is 24.1. The van der Waals surface area contributed by atoms with Gasteiger partial charge in [-0.05, 0) is 18.9 Å². The van der Waals surface area contributed by atoms with Gasteiger partial charge in [-0.3, -0.25) is 5.43 Å². The van der Waals surface area contributed by atoms with Crippen LogP contribution >= 0.6 is 11.8 Å². The summed E-state index contributed by atoms with van der Waals surface area (Å²) in [5.41, 5.74) is 4.40. The third-order valence-corrected chi connectivity index (χ3v) is 4.36. The predicted octanol–water partition coefficient (Wildman–Crippen LogP) is 4.75. The maximum atomic E-state index is 5.89. The van der Waals surface area contributed by atoms with Gasteiger partial charge in [0, 0.05) is 11.6 Å². The monoisotopic (exact) mass is 283 g/mol. The maximum absolute atomic E-state index is 5.89. The third-order valence-electron chi connectivity index (χ3n) is 4.19. The van der Waals surface area contributed by atoms with Crippen molar-refractivity contribution in [2.75, 3.05) is 0 Å². The van der Waals surface area contributed by atoms with Crippen molar-refractivity contribution in [3.05, 3.63) is 11.8 Å². The van der Waals surface area contributed by atoms with Gasteiger partial charge in [-0.15, -0.1) is 9.74 Å². The summed E-state index contributed by atoms with van der Waals surface area (Å²) < 4.78 is 1.30. The molecule has 0 atom stereocenters. The molecule has 0 amide bonds. The Balaban J connectivity index is 1.87. The molecule has 0 saturated heterocycles. The third kappa shape index (κ3) is 5.43. The smallest absolute Gasteiger partial charge is 0.0571 e. The van der Waals surface area contributed by atoms with Gasteiger partial charge in [-0.25, -0.2) is 0 Å². The van der Waals surface area contributed by atoms with E-state index >= 15 is 0 Å². The summed E-state index contributed by atoms with van der Waals surface area (Å²) in [7, 11) is 0. The molecule has 2 aliphatic rings. The lowest BCUT2D eigenvalue weighted by molar-refractivity contribution is 0.335. The SMILES string of the molecule is ClN1N=CC=C(C2CCCCCCCCCCC2)N1. The second-order valence-electron chi connectivity index (χ2n) is 5.71. The largest absolute Gasteiger partial charge is 0.271 e. The lowest BCUT2D eigenvalue weighted by atomic mass is 9.90. The van der Waals surface area contributed by atoms with Crippen LogP contribution in [0.2, 0.25) is 0 Å². The second-order valence-corrected chi connectivity index (χ2v) is 6.03. The minimum absolute atomic E-state index is 0.618. The zero-order valence-electron chi connectivity index (χ0n) is 11.8. The van der Waals surface area contributed by atoms with Gasteiger partial charge in [0.05, 0.1) is 18.0 Å². The minimum Gasteiger partial charge on any atom is -0.271 e. The predicted molar refractivity (Wildman–Crippen MR) is 81.7 cm³/mol. The summed E-state index contributed by atoms with van der Waals surface area (Å²) in [5.74, 6) is 0.618. The number of halogens is 1. The molecule has 0 unspecified atom stereocenters. The Hall–Kier alpha value is -0.700. The van der Waals surface area contributed by atoms with Crippen molar-refractivity contribution in [3.8, 4) is 0 Å². The molecule has 0 bridgehead atoms. The van der Waals surface area contributed by atoms with Crippen LogP contribution in [-0.2, 0) is 0 Å². The first-order valence-electron chi connectivity index (χ1n) is 7.83. The molecule has 4 heteroatoms. The summed E-state index contributed by atoms with van der Waals surface area (Å²) in [4.78, 5) is 0. The topological polar surface area (TPSA) is 27.6 Å². The van der Waals surface area contributed by atoms with E-state index in [0.29, 0.717) is 5.92 Å². The van der Waals surface area contributed by atoms with E-state index in [2.05, 4.69) is 16.6 Å². The van der Waals surface area contributed by atoms with E-state index in [-0.39, 0.29) is 0 Å². The van der Waals surface area contributed by atoms with Crippen molar-refractivity contribution >= 4 is 18.0 Å². The zero-order chi connectivity index (χ0) is 13.3. The molecule has 1 aliphatic carbocycles. The van der Waals surface area contributed by atoms with E-state index in [1.54, 1.807) is 6.21 Å². The molecule has 108 valence electrons. The molecular formula is C15H26ClN3. The highest BCUT2D eigenvalue weighted by Crippen LogP contribution is 2.26. The van der Waals surface area contributed by atoms with Gasteiger partial charge in [-0.2, -0.15) is 0 Å². The Kier molecular flexibility index (Phi) is 6.55. The van der Waals surface area contributed by atoms with Crippen molar-refractivity contribution in [3.63, 3.8) is 0 Å². The molecule has 1 fully saturated rings. The fourth-order valence-electron chi connectivity index (χ4n) is 3.05. The van der Waals surface area contributed by atoms with E-state index in [4.69, 9.17) is 11.8 Å². The van der Waals surface area contributed by atoms with E-state index in [1.807, 2.05) is 0 Å². The number of hydrogen-bond donors (Lipinski definition) is 1. The fraction of sp³-hybridized carbons (Fsp3) is 0.800. The van der Waals surface area contributed by atoms with E-state index < -0.39 is 0 Å². The highest BCUT2D eigenvalue weighted by molar-refractivity contribution is 6.13. The van der Waals surface area contributed by atoms with Crippen molar-refractivity contribution in [2.24, 2.45) is 11.0 Å². The Bertz CT molecular complexity index is 303. The van der Waals surface area contributed by atoms with Crippen LogP contribution in [0, 0.1) is 5.92 Å². The summed E-state index contributed by atoms with van der Waals surface area (Å²) in [6, 6.07) is 0. The van der Waals surface area contributed by atoms with Crippen molar-refractivity contribution in [2.45, 2.75) is 70.6 Å². The number of allylic oxidation sites excluding steroid dienone is 2. The quantitative estimate of drug-likeness (QED) is 0.703. The molecule has 3 nitrogen and oxygen atoms in total. The summed E-state index contributed by atoms with van der Waals surface area (Å²) in [6.07, 6.45) is 18.9. The minimum atomic E-state index is 0.618. The lowest BCUT2D eigenvalue weighted by Crippen LogP contribution is -2.31. The van der Waals surface area contributed by atoms with Gasteiger partial charge in [-0.1, -0.05) is 57.8 Å². The molecule has 0 aromatic carbocycles. The molecule has 0 aromatic heterocycles. The van der Waals surface area contributed by atoms with Crippen molar-refractivity contribution in [1.82, 2.24) is 10.1 Å². The van der Waals surface area contributed by atoms with Crippen molar-refractivity contribution < 1.29 is 0 Å². The number of nitrogens with one attached hydrogen (secondary N) is 1. The van der Waals surface area contributed by atoms with Crippen LogP contribution in [0.1, 0.15) is 70.6 Å². The van der Waals surface area contributed by atoms with Crippen LogP contribution in [0.3, 0.4) is 0 Å². The second kappa shape index (κ2) is 8.47. The molecule has 1 heterocycles. The molecule has 19 heavy (non-hydrogen) atoms. The molecule has 1 aliphatic heterocycles. The van der Waals surface area contributed by atoms with E-state index in [0.717, 1.165) is 0 Å². The van der Waals surface area contributed by atoms with Gasteiger partial charge in [0.2, 0.25) is 0 Å². The van der Waals surface area contributed by atoms with Crippen LogP contribution in [0.15, 0.2) is 16.9 Å². The lowest BCUT2D eigenvalue weighted by Gasteiger charge is -2.26. The van der Waals surface area contributed by atoms with Crippen LogP contribution in [0.4, 0.5) is 0 Å². The Morgan fingerprint density at radius 1 is 0.947 bits per heavy atom. The fourth-order valence-corrected chi connectivity index (χ4v) is 3.19. The van der Waals surface area contributed by atoms with Gasteiger partial charge < -0.3 is 0 Å².